The van der Waals surface area contributed by atoms with Crippen LogP contribution in [-0.2, 0) is 25.4 Å². The third kappa shape index (κ3) is 6.57. The first-order valence-electron chi connectivity index (χ1n) is 9.23. The fourth-order valence-electron chi connectivity index (χ4n) is 2.78. The number of hydrogen-bond donors (Lipinski definition) is 3. The van der Waals surface area contributed by atoms with Gasteiger partial charge in [0.25, 0.3) is 5.91 Å². The summed E-state index contributed by atoms with van der Waals surface area (Å²) >= 11 is 0. The van der Waals surface area contributed by atoms with Gasteiger partial charge in [0.1, 0.15) is 6.54 Å². The summed E-state index contributed by atoms with van der Waals surface area (Å²) in [6, 6.07) is 17.7. The number of rotatable bonds is 8. The summed E-state index contributed by atoms with van der Waals surface area (Å²) < 4.78 is 24.3. The third-order valence-corrected chi connectivity index (χ3v) is 5.28. The maximum Gasteiger partial charge on any atom is 0.263 e. The summed E-state index contributed by atoms with van der Waals surface area (Å²) in [4.78, 5) is 28.2. The second-order valence-electron chi connectivity index (χ2n) is 6.63. The Kier molecular flexibility index (Phi) is 6.99. The van der Waals surface area contributed by atoms with E-state index in [4.69, 9.17) is 0 Å². The Balaban J connectivity index is 1.52. The average Bonchev–Trinajstić information content (AvgIpc) is 2.73. The monoisotopic (exact) mass is 426 g/mol. The van der Waals surface area contributed by atoms with E-state index in [2.05, 4.69) is 15.6 Å². The van der Waals surface area contributed by atoms with Crippen molar-refractivity contribution in [1.82, 2.24) is 15.2 Å². The van der Waals surface area contributed by atoms with Crippen molar-refractivity contribution in [3.63, 3.8) is 0 Å². The molecule has 0 bridgehead atoms. The van der Waals surface area contributed by atoms with Gasteiger partial charge >= 0.3 is 0 Å². The molecule has 2 aromatic rings. The van der Waals surface area contributed by atoms with Gasteiger partial charge in [-0.25, -0.2) is 8.42 Å². The highest BCUT2D eigenvalue weighted by atomic mass is 32.2. The standard InChI is InChI=1S/C21H22N4O4S/c26-20(22-19-11-5-2-6-12-19)15-25-13-7-10-18(14-25)21(27)23-24-30(28,29)16-17-8-3-1-4-9-17/h1-9,11-14,24H,10,15-16H2,(H,22,26)(H,23,27). The highest BCUT2D eigenvalue weighted by Crippen LogP contribution is 2.13. The number of carbonyl (C=O) groups is 2. The SMILES string of the molecule is O=C(CN1C=CCC(C(=O)NNS(=O)(=O)Cc2ccccc2)=C1)Nc1ccccc1. The van der Waals surface area contributed by atoms with Gasteiger partial charge in [-0.3, -0.25) is 15.0 Å². The number of nitrogens with zero attached hydrogens (tertiary/aromatic N) is 1. The first-order chi connectivity index (χ1) is 14.4. The number of carbonyl (C=O) groups excluding carboxylic acids is 2. The number of sulfonamides is 1. The van der Waals surface area contributed by atoms with E-state index in [0.29, 0.717) is 23.2 Å². The highest BCUT2D eigenvalue weighted by Gasteiger charge is 2.18. The van der Waals surface area contributed by atoms with Crippen LogP contribution in [0.25, 0.3) is 0 Å². The zero-order valence-corrected chi connectivity index (χ0v) is 16.9. The molecule has 0 saturated heterocycles. The number of hydrazine groups is 1. The number of nitrogens with one attached hydrogen (secondary N) is 3. The van der Waals surface area contributed by atoms with E-state index < -0.39 is 15.9 Å². The highest BCUT2D eigenvalue weighted by molar-refractivity contribution is 7.88. The summed E-state index contributed by atoms with van der Waals surface area (Å²) in [6.45, 7) is 0.0158. The van der Waals surface area contributed by atoms with E-state index in [9.17, 15) is 18.0 Å². The Morgan fingerprint density at radius 3 is 2.33 bits per heavy atom. The Hall–Kier alpha value is -3.43. The summed E-state index contributed by atoms with van der Waals surface area (Å²) in [7, 11) is -3.74. The Morgan fingerprint density at radius 2 is 1.63 bits per heavy atom. The second-order valence-corrected chi connectivity index (χ2v) is 8.35. The van der Waals surface area contributed by atoms with Crippen LogP contribution in [0.3, 0.4) is 0 Å². The fraction of sp³-hybridized carbons (Fsp3) is 0.143. The Morgan fingerprint density at radius 1 is 0.967 bits per heavy atom. The first-order valence-corrected chi connectivity index (χ1v) is 10.9. The predicted octanol–water partition coefficient (Wildman–Crippen LogP) is 1.88. The van der Waals surface area contributed by atoms with Crippen molar-refractivity contribution >= 4 is 27.5 Å². The van der Waals surface area contributed by atoms with Crippen molar-refractivity contribution in [3.8, 4) is 0 Å². The van der Waals surface area contributed by atoms with E-state index in [1.165, 1.54) is 6.20 Å². The molecule has 1 aliphatic rings. The van der Waals surface area contributed by atoms with Gasteiger partial charge in [-0.05, 0) is 24.1 Å². The maximum atomic E-state index is 12.4. The zero-order valence-electron chi connectivity index (χ0n) is 16.1. The molecule has 3 rings (SSSR count). The van der Waals surface area contributed by atoms with Gasteiger partial charge in [0.15, 0.2) is 0 Å². The van der Waals surface area contributed by atoms with Gasteiger partial charge in [0.05, 0.1) is 5.75 Å². The fourth-order valence-corrected chi connectivity index (χ4v) is 3.73. The molecule has 9 heteroatoms. The maximum absolute atomic E-state index is 12.4. The van der Waals surface area contributed by atoms with Crippen LogP contribution in [0.4, 0.5) is 5.69 Å². The minimum atomic E-state index is -3.74. The second kappa shape index (κ2) is 9.86. The van der Waals surface area contributed by atoms with Gasteiger partial charge in [-0.2, -0.15) is 0 Å². The molecule has 0 atom stereocenters. The molecular formula is C21H22N4O4S. The van der Waals surface area contributed by atoms with Gasteiger partial charge in [-0.15, -0.1) is 4.83 Å². The lowest BCUT2D eigenvalue weighted by Gasteiger charge is -2.21. The predicted molar refractivity (Wildman–Crippen MR) is 114 cm³/mol. The molecule has 1 heterocycles. The zero-order chi connectivity index (χ0) is 21.4. The number of hydrogen-bond acceptors (Lipinski definition) is 5. The Bertz CT molecular complexity index is 1050. The minimum Gasteiger partial charge on any atom is -0.345 e. The van der Waals surface area contributed by atoms with Crippen LogP contribution >= 0.6 is 0 Å². The molecule has 3 N–H and O–H groups in total. The summed E-state index contributed by atoms with van der Waals surface area (Å²) in [5.41, 5.74) is 3.83. The molecule has 0 aromatic heterocycles. The Labute approximate surface area is 175 Å². The van der Waals surface area contributed by atoms with Gasteiger partial charge in [0, 0.05) is 23.7 Å². The van der Waals surface area contributed by atoms with Crippen molar-refractivity contribution in [2.75, 3.05) is 11.9 Å². The topological polar surface area (TPSA) is 108 Å². The molecule has 0 fully saturated rings. The van der Waals surface area contributed by atoms with Crippen LogP contribution in [0.5, 0.6) is 0 Å². The van der Waals surface area contributed by atoms with E-state index in [1.54, 1.807) is 59.6 Å². The molecule has 2 aromatic carbocycles. The number of amides is 2. The molecular weight excluding hydrogens is 404 g/mol. The average molecular weight is 426 g/mol. The summed E-state index contributed by atoms with van der Waals surface area (Å²) in [5, 5.41) is 2.77. The van der Waals surface area contributed by atoms with Crippen molar-refractivity contribution in [2.24, 2.45) is 0 Å². The summed E-state index contributed by atoms with van der Waals surface area (Å²) in [6.07, 6.45) is 5.26. The van der Waals surface area contributed by atoms with Gasteiger partial charge in [-0.1, -0.05) is 54.6 Å². The molecule has 0 radical (unpaired) electrons. The van der Waals surface area contributed by atoms with E-state index in [0.717, 1.165) is 0 Å². The van der Waals surface area contributed by atoms with Crippen molar-refractivity contribution in [3.05, 3.63) is 90.3 Å². The number of para-hydroxylation sites is 1. The number of benzene rings is 2. The van der Waals surface area contributed by atoms with Crippen LogP contribution in [0.1, 0.15) is 12.0 Å². The number of allylic oxidation sites excluding steroid dienone is 1. The van der Waals surface area contributed by atoms with Crippen LogP contribution in [0.15, 0.2) is 84.7 Å². The van der Waals surface area contributed by atoms with Gasteiger partial charge < -0.3 is 10.2 Å². The molecule has 8 nitrogen and oxygen atoms in total. The molecule has 0 unspecified atom stereocenters. The largest absolute Gasteiger partial charge is 0.345 e. The quantitative estimate of drug-likeness (QED) is 0.559. The third-order valence-electron chi connectivity index (χ3n) is 4.15. The van der Waals surface area contributed by atoms with Crippen LogP contribution in [0.2, 0.25) is 0 Å². The van der Waals surface area contributed by atoms with E-state index in [1.807, 2.05) is 18.2 Å². The van der Waals surface area contributed by atoms with Crippen molar-refractivity contribution in [1.29, 1.82) is 0 Å². The lowest BCUT2D eigenvalue weighted by Crippen LogP contribution is -2.43. The minimum absolute atomic E-state index is 0.0158. The molecule has 0 saturated carbocycles. The van der Waals surface area contributed by atoms with E-state index in [-0.39, 0.29) is 18.2 Å². The molecule has 1 aliphatic heterocycles. The first kappa shape index (κ1) is 21.3. The van der Waals surface area contributed by atoms with Crippen LogP contribution in [0, 0.1) is 0 Å². The molecule has 0 spiro atoms. The van der Waals surface area contributed by atoms with E-state index >= 15 is 0 Å². The molecule has 2 amide bonds. The molecule has 30 heavy (non-hydrogen) atoms. The van der Waals surface area contributed by atoms with Crippen molar-refractivity contribution in [2.45, 2.75) is 12.2 Å². The van der Waals surface area contributed by atoms with Crippen molar-refractivity contribution < 1.29 is 18.0 Å². The van der Waals surface area contributed by atoms with Crippen LogP contribution in [-0.4, -0.2) is 31.7 Å². The summed E-state index contributed by atoms with van der Waals surface area (Å²) in [5.74, 6) is -1.07. The van der Waals surface area contributed by atoms with Gasteiger partial charge in [0.2, 0.25) is 15.9 Å². The molecule has 156 valence electrons. The molecule has 0 aliphatic carbocycles. The normalized spacial score (nSPS) is 13.5. The lowest BCUT2D eigenvalue weighted by atomic mass is 10.1. The van der Waals surface area contributed by atoms with Crippen LogP contribution < -0.4 is 15.6 Å². The lowest BCUT2D eigenvalue weighted by molar-refractivity contribution is -0.118. The smallest absolute Gasteiger partial charge is 0.263 e. The number of anilines is 1.